The molecule has 0 radical (unpaired) electrons. The number of carbonyl (C=O) groups excluding carboxylic acids is 2. The number of hydrogen-bond acceptors (Lipinski definition) is 4. The third kappa shape index (κ3) is 4.51. The molecule has 0 spiro atoms. The van der Waals surface area contributed by atoms with E-state index in [1.165, 1.54) is 12.8 Å². The van der Waals surface area contributed by atoms with E-state index in [1.54, 1.807) is 0 Å². The Balaban J connectivity index is 1.28. The van der Waals surface area contributed by atoms with Crippen LogP contribution in [-0.4, -0.2) is 54.4 Å². The number of carbonyl (C=O) groups is 2. The predicted octanol–water partition coefficient (Wildman–Crippen LogP) is 3.63. The highest BCUT2D eigenvalue weighted by atomic mass is 16.5. The Morgan fingerprint density at radius 2 is 1.88 bits per heavy atom. The Labute approximate surface area is 189 Å². The molecule has 5 rings (SSSR count). The highest BCUT2D eigenvalue weighted by Crippen LogP contribution is 2.35. The second-order valence-corrected chi connectivity index (χ2v) is 9.28. The van der Waals surface area contributed by atoms with Crippen LogP contribution in [0.4, 0.5) is 5.69 Å². The van der Waals surface area contributed by atoms with Crippen LogP contribution in [0.1, 0.15) is 42.9 Å². The average Bonchev–Trinajstić information content (AvgIpc) is 3.38. The summed E-state index contributed by atoms with van der Waals surface area (Å²) in [6.45, 7) is 3.02. The number of benzene rings is 2. The molecule has 1 saturated heterocycles. The zero-order valence-electron chi connectivity index (χ0n) is 18.6. The van der Waals surface area contributed by atoms with Crippen molar-refractivity contribution in [3.05, 3.63) is 59.7 Å². The van der Waals surface area contributed by atoms with Crippen LogP contribution in [-0.2, 0) is 16.0 Å². The Morgan fingerprint density at radius 1 is 1.12 bits per heavy atom. The van der Waals surface area contributed by atoms with E-state index in [0.717, 1.165) is 55.0 Å². The summed E-state index contributed by atoms with van der Waals surface area (Å²) in [5, 5.41) is 2.99. The minimum atomic E-state index is -0.533. The van der Waals surface area contributed by atoms with Crippen LogP contribution in [0.5, 0.6) is 5.75 Å². The molecule has 1 N–H and O–H groups in total. The largest absolute Gasteiger partial charge is 0.480 e. The van der Waals surface area contributed by atoms with Gasteiger partial charge in [0, 0.05) is 37.2 Å². The van der Waals surface area contributed by atoms with Gasteiger partial charge in [0.15, 0.2) is 6.10 Å². The minimum Gasteiger partial charge on any atom is -0.480 e. The molecule has 2 fully saturated rings. The third-order valence-electron chi connectivity index (χ3n) is 6.86. The van der Waals surface area contributed by atoms with Crippen LogP contribution >= 0.6 is 0 Å². The van der Waals surface area contributed by atoms with Gasteiger partial charge in [0.2, 0.25) is 5.91 Å². The zero-order valence-corrected chi connectivity index (χ0v) is 18.6. The first-order chi connectivity index (χ1) is 15.6. The molecule has 6 nitrogen and oxygen atoms in total. The van der Waals surface area contributed by atoms with E-state index in [9.17, 15) is 9.59 Å². The van der Waals surface area contributed by atoms with Crippen LogP contribution in [0.2, 0.25) is 0 Å². The quantitative estimate of drug-likeness (QED) is 0.724. The van der Waals surface area contributed by atoms with Crippen molar-refractivity contribution in [3.63, 3.8) is 0 Å². The number of nitrogens with one attached hydrogen (secondary N) is 1. The summed E-state index contributed by atoms with van der Waals surface area (Å²) in [5.74, 6) is 0.978. The maximum Gasteiger partial charge on any atom is 0.264 e. The number of fused-ring (bicyclic) bond motifs is 1. The van der Waals surface area contributed by atoms with E-state index in [-0.39, 0.29) is 23.8 Å². The Kier molecular flexibility index (Phi) is 5.87. The molecular formula is C26H31N3O3. The molecule has 6 heteroatoms. The van der Waals surface area contributed by atoms with Gasteiger partial charge in [0.05, 0.1) is 6.04 Å². The zero-order chi connectivity index (χ0) is 22.1. The molecule has 1 unspecified atom stereocenters. The summed E-state index contributed by atoms with van der Waals surface area (Å²) < 4.78 is 6.05. The predicted molar refractivity (Wildman–Crippen MR) is 124 cm³/mol. The molecule has 32 heavy (non-hydrogen) atoms. The van der Waals surface area contributed by atoms with E-state index < -0.39 is 6.10 Å². The van der Waals surface area contributed by atoms with Crippen molar-refractivity contribution in [2.45, 2.75) is 44.2 Å². The first-order valence-electron chi connectivity index (χ1n) is 11.7. The average molecular weight is 434 g/mol. The number of ether oxygens (including phenoxy) is 1. The van der Waals surface area contributed by atoms with Crippen molar-refractivity contribution in [3.8, 4) is 5.75 Å². The number of anilines is 1. The van der Waals surface area contributed by atoms with Crippen LogP contribution in [0.3, 0.4) is 0 Å². The summed E-state index contributed by atoms with van der Waals surface area (Å²) >= 11 is 0. The summed E-state index contributed by atoms with van der Waals surface area (Å²) in [5.41, 5.74) is 2.90. The first-order valence-corrected chi connectivity index (χ1v) is 11.7. The summed E-state index contributed by atoms with van der Waals surface area (Å²) in [6, 6.07) is 15.9. The highest BCUT2D eigenvalue weighted by Gasteiger charge is 2.35. The molecule has 2 aliphatic heterocycles. The van der Waals surface area contributed by atoms with Gasteiger partial charge in [-0.05, 0) is 62.5 Å². The second-order valence-electron chi connectivity index (χ2n) is 9.28. The van der Waals surface area contributed by atoms with E-state index in [1.807, 2.05) is 48.3 Å². The Hall–Kier alpha value is -2.86. The van der Waals surface area contributed by atoms with Gasteiger partial charge in [-0.2, -0.15) is 0 Å². The molecule has 2 atom stereocenters. The third-order valence-corrected chi connectivity index (χ3v) is 6.86. The maximum atomic E-state index is 13.5. The number of hydrogen-bond donors (Lipinski definition) is 1. The number of likely N-dealkylation sites (tertiary alicyclic amines) is 1. The molecule has 2 aromatic carbocycles. The Morgan fingerprint density at radius 3 is 2.59 bits per heavy atom. The molecular weight excluding hydrogens is 402 g/mol. The van der Waals surface area contributed by atoms with Crippen molar-refractivity contribution < 1.29 is 14.3 Å². The van der Waals surface area contributed by atoms with Crippen molar-refractivity contribution >= 4 is 17.5 Å². The lowest BCUT2D eigenvalue weighted by molar-refractivity contribution is -0.139. The second kappa shape index (κ2) is 8.94. The van der Waals surface area contributed by atoms with E-state index in [2.05, 4.69) is 22.3 Å². The standard InChI is InChI=1S/C26H31N3O3/c1-28(22(17-29-13-5-6-14-29)18-7-3-2-4-8-18)26(31)24-16-20-15-21(11-12-23(20)32-24)27-25(30)19-9-10-19/h2-4,7-8,11-12,15,19,22,24H,5-6,9-10,13-14,16-17H2,1H3,(H,27,30)/t22?,24-/m0/s1. The van der Waals surface area contributed by atoms with Crippen molar-refractivity contribution in [1.82, 2.24) is 9.80 Å². The lowest BCUT2D eigenvalue weighted by atomic mass is 10.0. The normalized spacial score (nSPS) is 21.0. The number of nitrogens with zero attached hydrogens (tertiary/aromatic N) is 2. The molecule has 1 saturated carbocycles. The highest BCUT2D eigenvalue weighted by molar-refractivity contribution is 5.94. The fraction of sp³-hybridized carbons (Fsp3) is 0.462. The van der Waals surface area contributed by atoms with Gasteiger partial charge in [0.25, 0.3) is 5.91 Å². The molecule has 0 bridgehead atoms. The molecule has 0 aromatic heterocycles. The van der Waals surface area contributed by atoms with E-state index in [4.69, 9.17) is 4.74 Å². The molecule has 3 aliphatic rings. The van der Waals surface area contributed by atoms with Gasteiger partial charge in [0.1, 0.15) is 5.75 Å². The van der Waals surface area contributed by atoms with Crippen LogP contribution in [0, 0.1) is 5.92 Å². The van der Waals surface area contributed by atoms with Gasteiger partial charge in [-0.15, -0.1) is 0 Å². The lowest BCUT2D eigenvalue weighted by Crippen LogP contribution is -2.44. The molecule has 2 amide bonds. The molecule has 2 heterocycles. The van der Waals surface area contributed by atoms with Crippen LogP contribution in [0.15, 0.2) is 48.5 Å². The fourth-order valence-corrected chi connectivity index (χ4v) is 4.77. The number of rotatable bonds is 7. The molecule has 168 valence electrons. The van der Waals surface area contributed by atoms with Crippen molar-refractivity contribution in [1.29, 1.82) is 0 Å². The SMILES string of the molecule is CN(C(=O)[C@@H]1Cc2cc(NC(=O)C3CC3)ccc2O1)C(CN1CCCC1)c1ccccc1. The summed E-state index contributed by atoms with van der Waals surface area (Å²) in [4.78, 5) is 29.9. The Bertz CT molecular complexity index is 983. The van der Waals surface area contributed by atoms with Gasteiger partial charge < -0.3 is 19.9 Å². The number of amides is 2. The van der Waals surface area contributed by atoms with Gasteiger partial charge >= 0.3 is 0 Å². The lowest BCUT2D eigenvalue weighted by Gasteiger charge is -2.33. The van der Waals surface area contributed by atoms with Gasteiger partial charge in [-0.25, -0.2) is 0 Å². The topological polar surface area (TPSA) is 61.9 Å². The first kappa shape index (κ1) is 21.0. The van der Waals surface area contributed by atoms with Crippen molar-refractivity contribution in [2.75, 3.05) is 32.0 Å². The van der Waals surface area contributed by atoms with Gasteiger partial charge in [-0.1, -0.05) is 30.3 Å². The smallest absolute Gasteiger partial charge is 0.264 e. The van der Waals surface area contributed by atoms with Crippen LogP contribution < -0.4 is 10.1 Å². The van der Waals surface area contributed by atoms with Crippen LogP contribution in [0.25, 0.3) is 0 Å². The molecule has 1 aliphatic carbocycles. The van der Waals surface area contributed by atoms with Crippen molar-refractivity contribution in [2.24, 2.45) is 5.92 Å². The fourth-order valence-electron chi connectivity index (χ4n) is 4.77. The summed E-state index contributed by atoms with van der Waals surface area (Å²) in [6.07, 6.45) is 4.39. The van der Waals surface area contributed by atoms with Gasteiger partial charge in [-0.3, -0.25) is 9.59 Å². The maximum absolute atomic E-state index is 13.5. The molecule has 2 aromatic rings. The number of likely N-dealkylation sites (N-methyl/N-ethyl adjacent to an activating group) is 1. The monoisotopic (exact) mass is 433 g/mol. The summed E-state index contributed by atoms with van der Waals surface area (Å²) in [7, 11) is 1.89. The van der Waals surface area contributed by atoms with E-state index in [0.29, 0.717) is 6.42 Å². The minimum absolute atomic E-state index is 0.00202. The van der Waals surface area contributed by atoms with E-state index >= 15 is 0 Å².